The van der Waals surface area contributed by atoms with Gasteiger partial charge in [0.25, 0.3) is 0 Å². The molecule has 0 radical (unpaired) electrons. The number of carbonyl (C=O) groups is 1. The Balaban J connectivity index is 2.33. The van der Waals surface area contributed by atoms with Crippen LogP contribution in [0.5, 0.6) is 0 Å². The number of carbonyl (C=O) groups excluding carboxylic acids is 1. The summed E-state index contributed by atoms with van der Waals surface area (Å²) in [6.45, 7) is 1.99. The SMILES string of the molecule is CCOC(=O)c1sc(-c2ccc([N+](=O)[O-])s2)cc1N. The molecule has 0 aliphatic rings. The van der Waals surface area contributed by atoms with Gasteiger partial charge in [0.1, 0.15) is 4.88 Å². The van der Waals surface area contributed by atoms with Gasteiger partial charge in [-0.15, -0.1) is 11.3 Å². The zero-order valence-electron chi connectivity index (χ0n) is 9.91. The Hall–Kier alpha value is -1.93. The molecule has 2 aromatic rings. The minimum atomic E-state index is -0.470. The van der Waals surface area contributed by atoms with E-state index in [2.05, 4.69) is 0 Å². The molecule has 0 aliphatic heterocycles. The molecule has 19 heavy (non-hydrogen) atoms. The number of hydrogen-bond acceptors (Lipinski definition) is 7. The first-order valence-corrected chi connectivity index (χ1v) is 6.97. The monoisotopic (exact) mass is 298 g/mol. The molecule has 0 spiro atoms. The van der Waals surface area contributed by atoms with Gasteiger partial charge in [0.05, 0.1) is 22.1 Å². The minimum absolute atomic E-state index is 0.0552. The standard InChI is InChI=1S/C11H10N2O4S2/c1-2-17-11(14)10-6(12)5-8(19-10)7-3-4-9(18-7)13(15)16/h3-5H,2,12H2,1H3. The molecular formula is C11H10N2O4S2. The van der Waals surface area contributed by atoms with Gasteiger partial charge in [0.2, 0.25) is 0 Å². The van der Waals surface area contributed by atoms with Crippen LogP contribution in [0.2, 0.25) is 0 Å². The third-order valence-corrected chi connectivity index (χ3v) is 4.60. The quantitative estimate of drug-likeness (QED) is 0.531. The van der Waals surface area contributed by atoms with Crippen LogP contribution in [0.25, 0.3) is 9.75 Å². The van der Waals surface area contributed by atoms with Gasteiger partial charge < -0.3 is 10.5 Å². The van der Waals surface area contributed by atoms with Gasteiger partial charge in [-0.1, -0.05) is 11.3 Å². The normalized spacial score (nSPS) is 10.4. The van der Waals surface area contributed by atoms with Gasteiger partial charge in [0.15, 0.2) is 0 Å². The smallest absolute Gasteiger partial charge is 0.350 e. The van der Waals surface area contributed by atoms with Crippen LogP contribution in [0, 0.1) is 10.1 Å². The molecule has 8 heteroatoms. The second kappa shape index (κ2) is 5.37. The summed E-state index contributed by atoms with van der Waals surface area (Å²) in [6, 6.07) is 4.70. The van der Waals surface area contributed by atoms with Crippen molar-refractivity contribution in [3.05, 3.63) is 33.2 Å². The van der Waals surface area contributed by atoms with Gasteiger partial charge in [-0.3, -0.25) is 10.1 Å². The zero-order valence-corrected chi connectivity index (χ0v) is 11.5. The summed E-state index contributed by atoms with van der Waals surface area (Å²) in [7, 11) is 0. The van der Waals surface area contributed by atoms with E-state index in [0.717, 1.165) is 16.2 Å². The first kappa shape index (κ1) is 13.5. The maximum atomic E-state index is 11.6. The molecule has 0 bridgehead atoms. The van der Waals surface area contributed by atoms with E-state index in [0.29, 0.717) is 15.4 Å². The lowest BCUT2D eigenvalue weighted by Gasteiger charge is -1.98. The Kier molecular flexibility index (Phi) is 3.82. The first-order valence-electron chi connectivity index (χ1n) is 5.34. The molecule has 0 saturated heterocycles. The average molecular weight is 298 g/mol. The molecule has 2 rings (SSSR count). The molecule has 2 aromatic heterocycles. The van der Waals surface area contributed by atoms with Crippen LogP contribution >= 0.6 is 22.7 Å². The highest BCUT2D eigenvalue weighted by Crippen LogP contribution is 2.39. The van der Waals surface area contributed by atoms with Crippen LogP contribution in [0.4, 0.5) is 10.7 Å². The number of nitrogens with two attached hydrogens (primary N) is 1. The maximum Gasteiger partial charge on any atom is 0.350 e. The van der Waals surface area contributed by atoms with Crippen LogP contribution in [0.15, 0.2) is 18.2 Å². The molecular weight excluding hydrogens is 288 g/mol. The molecule has 100 valence electrons. The molecule has 0 fully saturated rings. The van der Waals surface area contributed by atoms with Gasteiger partial charge in [0, 0.05) is 10.9 Å². The largest absolute Gasteiger partial charge is 0.462 e. The molecule has 6 nitrogen and oxygen atoms in total. The zero-order chi connectivity index (χ0) is 14.0. The third kappa shape index (κ3) is 2.74. The Labute approximate surface area is 116 Å². The fourth-order valence-electron chi connectivity index (χ4n) is 1.44. The van der Waals surface area contributed by atoms with Crippen molar-refractivity contribution in [2.75, 3.05) is 12.3 Å². The van der Waals surface area contributed by atoms with Crippen LogP contribution in [-0.4, -0.2) is 17.5 Å². The molecule has 0 unspecified atom stereocenters. The fourth-order valence-corrected chi connectivity index (χ4v) is 3.32. The van der Waals surface area contributed by atoms with Crippen molar-refractivity contribution in [2.45, 2.75) is 6.92 Å². The number of hydrogen-bond donors (Lipinski definition) is 1. The van der Waals surface area contributed by atoms with E-state index in [1.54, 1.807) is 19.1 Å². The highest BCUT2D eigenvalue weighted by molar-refractivity contribution is 7.24. The van der Waals surface area contributed by atoms with Gasteiger partial charge in [-0.25, -0.2) is 4.79 Å². The highest BCUT2D eigenvalue weighted by atomic mass is 32.1. The highest BCUT2D eigenvalue weighted by Gasteiger charge is 2.18. The van der Waals surface area contributed by atoms with Crippen molar-refractivity contribution in [2.24, 2.45) is 0 Å². The topological polar surface area (TPSA) is 95.5 Å². The molecule has 0 aliphatic carbocycles. The number of nitrogen functional groups attached to an aromatic ring is 1. The van der Waals surface area contributed by atoms with E-state index in [4.69, 9.17) is 10.5 Å². The number of anilines is 1. The number of thiophene rings is 2. The second-order valence-corrected chi connectivity index (χ2v) is 5.63. The molecule has 0 atom stereocenters. The molecule has 0 aromatic carbocycles. The van der Waals surface area contributed by atoms with E-state index in [1.807, 2.05) is 0 Å². The van der Waals surface area contributed by atoms with E-state index >= 15 is 0 Å². The Morgan fingerprint density at radius 2 is 2.16 bits per heavy atom. The van der Waals surface area contributed by atoms with Crippen LogP contribution < -0.4 is 5.73 Å². The predicted molar refractivity (Wildman–Crippen MR) is 74.7 cm³/mol. The molecule has 0 saturated carbocycles. The average Bonchev–Trinajstić information content (AvgIpc) is 2.95. The van der Waals surface area contributed by atoms with Crippen LogP contribution in [0.1, 0.15) is 16.6 Å². The minimum Gasteiger partial charge on any atom is -0.462 e. The fraction of sp³-hybridized carbons (Fsp3) is 0.182. The van der Waals surface area contributed by atoms with Crippen molar-refractivity contribution in [3.63, 3.8) is 0 Å². The van der Waals surface area contributed by atoms with Gasteiger partial charge in [-0.05, 0) is 19.1 Å². The Morgan fingerprint density at radius 3 is 2.74 bits per heavy atom. The van der Waals surface area contributed by atoms with Crippen molar-refractivity contribution in [3.8, 4) is 9.75 Å². The van der Waals surface area contributed by atoms with Crippen molar-refractivity contribution in [1.82, 2.24) is 0 Å². The summed E-state index contributed by atoms with van der Waals surface area (Å²) in [5.41, 5.74) is 6.09. The maximum absolute atomic E-state index is 11.6. The summed E-state index contributed by atoms with van der Waals surface area (Å²) < 4.78 is 4.89. The van der Waals surface area contributed by atoms with Crippen molar-refractivity contribution >= 4 is 39.3 Å². The van der Waals surface area contributed by atoms with Crippen molar-refractivity contribution in [1.29, 1.82) is 0 Å². The number of nitrogens with zero attached hydrogens (tertiary/aromatic N) is 1. The summed E-state index contributed by atoms with van der Waals surface area (Å²) >= 11 is 2.22. The van der Waals surface area contributed by atoms with E-state index in [1.165, 1.54) is 17.4 Å². The van der Waals surface area contributed by atoms with Gasteiger partial charge >= 0.3 is 11.0 Å². The van der Waals surface area contributed by atoms with E-state index in [9.17, 15) is 14.9 Å². The van der Waals surface area contributed by atoms with E-state index < -0.39 is 10.9 Å². The summed E-state index contributed by atoms with van der Waals surface area (Å²) in [6.07, 6.45) is 0. The molecule has 2 heterocycles. The van der Waals surface area contributed by atoms with Crippen LogP contribution in [-0.2, 0) is 4.74 Å². The number of nitro groups is 1. The van der Waals surface area contributed by atoms with E-state index in [-0.39, 0.29) is 11.6 Å². The molecule has 2 N–H and O–H groups in total. The second-order valence-electron chi connectivity index (χ2n) is 3.51. The number of esters is 1. The number of rotatable bonds is 4. The summed E-state index contributed by atoms with van der Waals surface area (Å²) in [5.74, 6) is -0.470. The summed E-state index contributed by atoms with van der Waals surface area (Å²) in [4.78, 5) is 23.6. The van der Waals surface area contributed by atoms with Crippen LogP contribution in [0.3, 0.4) is 0 Å². The Morgan fingerprint density at radius 1 is 1.42 bits per heavy atom. The predicted octanol–water partition coefficient (Wildman–Crippen LogP) is 3.14. The third-order valence-electron chi connectivity index (χ3n) is 2.24. The van der Waals surface area contributed by atoms with Crippen molar-refractivity contribution < 1.29 is 14.5 Å². The lowest BCUT2D eigenvalue weighted by Crippen LogP contribution is -2.04. The lowest BCUT2D eigenvalue weighted by atomic mass is 10.3. The van der Waals surface area contributed by atoms with Gasteiger partial charge in [-0.2, -0.15) is 0 Å². The summed E-state index contributed by atoms with van der Waals surface area (Å²) in [5, 5.41) is 10.7. The lowest BCUT2D eigenvalue weighted by molar-refractivity contribution is -0.380. The number of ether oxygens (including phenoxy) is 1. The first-order chi connectivity index (χ1) is 9.02. The Bertz CT molecular complexity index is 632. The molecule has 0 amide bonds.